The summed E-state index contributed by atoms with van der Waals surface area (Å²) < 4.78 is 2.84. The zero-order chi connectivity index (χ0) is 13.2. The van der Waals surface area contributed by atoms with Crippen LogP contribution in [0.2, 0.25) is 5.02 Å². The van der Waals surface area contributed by atoms with Crippen molar-refractivity contribution in [1.29, 1.82) is 0 Å². The molecule has 0 unspecified atom stereocenters. The molecule has 2 aromatic carbocycles. The van der Waals surface area contributed by atoms with E-state index in [-0.39, 0.29) is 0 Å². The fourth-order valence-corrected chi connectivity index (χ4v) is 2.53. The van der Waals surface area contributed by atoms with E-state index in [1.165, 1.54) is 0 Å². The van der Waals surface area contributed by atoms with Crippen molar-refractivity contribution in [1.82, 2.24) is 9.78 Å². The van der Waals surface area contributed by atoms with Gasteiger partial charge in [-0.15, -0.1) is 0 Å². The summed E-state index contributed by atoms with van der Waals surface area (Å²) in [6, 6.07) is 15.8. The van der Waals surface area contributed by atoms with E-state index in [2.05, 4.69) is 33.2 Å². The van der Waals surface area contributed by atoms with Crippen LogP contribution in [0.25, 0.3) is 16.8 Å². The van der Waals surface area contributed by atoms with Gasteiger partial charge in [-0.25, -0.2) is 4.68 Å². The lowest BCUT2D eigenvalue weighted by atomic mass is 10.1. The molecular weight excluding hydrogens is 324 g/mol. The average molecular weight is 334 g/mol. The number of hydrogen-bond acceptors (Lipinski definition) is 1. The highest BCUT2D eigenvalue weighted by atomic mass is 79.9. The van der Waals surface area contributed by atoms with Gasteiger partial charge in [0.1, 0.15) is 0 Å². The predicted octanol–water partition coefficient (Wildman–Crippen LogP) is 4.96. The summed E-state index contributed by atoms with van der Waals surface area (Å²) in [6.45, 7) is 0. The minimum Gasteiger partial charge on any atom is -0.239 e. The van der Waals surface area contributed by atoms with Crippen LogP contribution in [0.1, 0.15) is 0 Å². The number of halogens is 2. The monoisotopic (exact) mass is 332 g/mol. The number of para-hydroxylation sites is 1. The standard InChI is InChI=1S/C15H10BrClN2/c16-13-5-3-4-11(8-13)12-9-18-19(10-12)15-7-2-1-6-14(15)17/h1-10H. The first kappa shape index (κ1) is 12.5. The molecule has 94 valence electrons. The highest BCUT2D eigenvalue weighted by molar-refractivity contribution is 9.10. The third kappa shape index (κ3) is 2.57. The summed E-state index contributed by atoms with van der Waals surface area (Å²) in [7, 11) is 0. The van der Waals surface area contributed by atoms with Crippen LogP contribution in [0, 0.1) is 0 Å². The molecule has 0 N–H and O–H groups in total. The van der Waals surface area contributed by atoms with Crippen molar-refractivity contribution < 1.29 is 0 Å². The maximum absolute atomic E-state index is 6.17. The Morgan fingerprint density at radius 3 is 2.63 bits per heavy atom. The van der Waals surface area contributed by atoms with Gasteiger partial charge in [-0.3, -0.25) is 0 Å². The maximum atomic E-state index is 6.17. The fraction of sp³-hybridized carbons (Fsp3) is 0. The van der Waals surface area contributed by atoms with Gasteiger partial charge < -0.3 is 0 Å². The van der Waals surface area contributed by atoms with Crippen molar-refractivity contribution in [3.8, 4) is 16.8 Å². The van der Waals surface area contributed by atoms with E-state index in [1.807, 2.05) is 48.8 Å². The van der Waals surface area contributed by atoms with Crippen LogP contribution < -0.4 is 0 Å². The Morgan fingerprint density at radius 1 is 1.00 bits per heavy atom. The molecular formula is C15H10BrClN2. The zero-order valence-electron chi connectivity index (χ0n) is 9.92. The second kappa shape index (κ2) is 5.19. The molecule has 19 heavy (non-hydrogen) atoms. The van der Waals surface area contributed by atoms with Crippen molar-refractivity contribution in [3.05, 3.63) is 70.4 Å². The molecule has 1 aromatic heterocycles. The predicted molar refractivity (Wildman–Crippen MR) is 81.7 cm³/mol. The highest BCUT2D eigenvalue weighted by Gasteiger charge is 2.06. The third-order valence-corrected chi connectivity index (χ3v) is 3.65. The SMILES string of the molecule is Clc1ccccc1-n1cc(-c2cccc(Br)c2)cn1. The second-order valence-corrected chi connectivity index (χ2v) is 5.46. The van der Waals surface area contributed by atoms with Crippen LogP contribution in [0.5, 0.6) is 0 Å². The maximum Gasteiger partial charge on any atom is 0.0831 e. The van der Waals surface area contributed by atoms with Crippen molar-refractivity contribution in [2.45, 2.75) is 0 Å². The van der Waals surface area contributed by atoms with Gasteiger partial charge in [0.2, 0.25) is 0 Å². The van der Waals surface area contributed by atoms with Crippen LogP contribution in [0.15, 0.2) is 65.4 Å². The first-order valence-corrected chi connectivity index (χ1v) is 6.96. The number of benzene rings is 2. The number of aromatic nitrogens is 2. The molecule has 2 nitrogen and oxygen atoms in total. The Bertz CT molecular complexity index is 721. The number of nitrogens with zero attached hydrogens (tertiary/aromatic N) is 2. The smallest absolute Gasteiger partial charge is 0.0831 e. The first-order valence-electron chi connectivity index (χ1n) is 5.79. The van der Waals surface area contributed by atoms with E-state index in [0.717, 1.165) is 21.3 Å². The van der Waals surface area contributed by atoms with Crippen LogP contribution in [-0.2, 0) is 0 Å². The molecule has 0 fully saturated rings. The molecule has 0 aliphatic heterocycles. The van der Waals surface area contributed by atoms with Gasteiger partial charge in [0.15, 0.2) is 0 Å². The summed E-state index contributed by atoms with van der Waals surface area (Å²) >= 11 is 9.65. The summed E-state index contributed by atoms with van der Waals surface area (Å²) in [5.41, 5.74) is 3.05. The van der Waals surface area contributed by atoms with E-state index in [0.29, 0.717) is 5.02 Å². The summed E-state index contributed by atoms with van der Waals surface area (Å²) in [4.78, 5) is 0. The quantitative estimate of drug-likeness (QED) is 0.648. The zero-order valence-corrected chi connectivity index (χ0v) is 12.3. The topological polar surface area (TPSA) is 17.8 Å². The fourth-order valence-electron chi connectivity index (χ4n) is 1.91. The minimum atomic E-state index is 0.686. The number of rotatable bonds is 2. The molecule has 0 aliphatic rings. The van der Waals surface area contributed by atoms with Crippen LogP contribution in [0.4, 0.5) is 0 Å². The highest BCUT2D eigenvalue weighted by Crippen LogP contribution is 2.25. The summed E-state index contributed by atoms with van der Waals surface area (Å²) in [6.07, 6.45) is 3.81. The van der Waals surface area contributed by atoms with Crippen molar-refractivity contribution in [3.63, 3.8) is 0 Å². The molecule has 0 saturated heterocycles. The lowest BCUT2D eigenvalue weighted by molar-refractivity contribution is 0.881. The Kier molecular flexibility index (Phi) is 3.40. The van der Waals surface area contributed by atoms with E-state index in [9.17, 15) is 0 Å². The van der Waals surface area contributed by atoms with Gasteiger partial charge in [-0.2, -0.15) is 5.10 Å². The third-order valence-electron chi connectivity index (χ3n) is 2.84. The Hall–Kier alpha value is -1.58. The molecule has 0 saturated carbocycles. The van der Waals surface area contributed by atoms with E-state index >= 15 is 0 Å². The molecule has 0 amide bonds. The molecule has 3 aromatic rings. The van der Waals surface area contributed by atoms with Gasteiger partial charge in [0, 0.05) is 16.2 Å². The Labute approximate surface area is 124 Å². The summed E-state index contributed by atoms with van der Waals surface area (Å²) in [5.74, 6) is 0. The van der Waals surface area contributed by atoms with Crippen molar-refractivity contribution in [2.75, 3.05) is 0 Å². The van der Waals surface area contributed by atoms with Gasteiger partial charge in [-0.1, -0.05) is 51.8 Å². The van der Waals surface area contributed by atoms with Crippen LogP contribution >= 0.6 is 27.5 Å². The summed E-state index contributed by atoms with van der Waals surface area (Å²) in [5, 5.41) is 5.06. The van der Waals surface area contributed by atoms with Crippen LogP contribution in [0.3, 0.4) is 0 Å². The minimum absolute atomic E-state index is 0.686. The van der Waals surface area contributed by atoms with Gasteiger partial charge in [-0.05, 0) is 29.8 Å². The first-order chi connectivity index (χ1) is 9.24. The van der Waals surface area contributed by atoms with Crippen molar-refractivity contribution in [2.24, 2.45) is 0 Å². The van der Waals surface area contributed by atoms with E-state index < -0.39 is 0 Å². The molecule has 0 aliphatic carbocycles. The number of hydrogen-bond donors (Lipinski definition) is 0. The normalized spacial score (nSPS) is 10.6. The van der Waals surface area contributed by atoms with Crippen molar-refractivity contribution >= 4 is 27.5 Å². The molecule has 0 spiro atoms. The molecule has 0 atom stereocenters. The Morgan fingerprint density at radius 2 is 1.84 bits per heavy atom. The second-order valence-electron chi connectivity index (χ2n) is 4.14. The van der Waals surface area contributed by atoms with Gasteiger partial charge in [0.25, 0.3) is 0 Å². The molecule has 0 bridgehead atoms. The molecule has 1 heterocycles. The van der Waals surface area contributed by atoms with E-state index in [1.54, 1.807) is 4.68 Å². The molecule has 0 radical (unpaired) electrons. The average Bonchev–Trinajstić information content (AvgIpc) is 2.89. The lowest BCUT2D eigenvalue weighted by Gasteiger charge is -2.03. The largest absolute Gasteiger partial charge is 0.239 e. The lowest BCUT2D eigenvalue weighted by Crippen LogP contribution is -1.94. The molecule has 4 heteroatoms. The van der Waals surface area contributed by atoms with Gasteiger partial charge >= 0.3 is 0 Å². The van der Waals surface area contributed by atoms with E-state index in [4.69, 9.17) is 11.6 Å². The Balaban J connectivity index is 2.03. The molecule has 3 rings (SSSR count). The van der Waals surface area contributed by atoms with Gasteiger partial charge in [0.05, 0.1) is 16.9 Å². The van der Waals surface area contributed by atoms with Crippen LogP contribution in [-0.4, -0.2) is 9.78 Å².